The van der Waals surface area contributed by atoms with Crippen LogP contribution in [0.1, 0.15) is 12.0 Å². The molecule has 0 heterocycles. The summed E-state index contributed by atoms with van der Waals surface area (Å²) in [6, 6.07) is 28.1. The topological polar surface area (TPSA) is 85.3 Å². The minimum Gasteiger partial charge on any atom is -0.298 e. The molecule has 4 aromatic rings. The normalized spacial score (nSPS) is 12.7. The standard InChI is InChI=1S/C27H22O5S2/c28-20-22(17-21-15-16-23-9-7-8-10-24(23)18-21)19-27(33(29,30)25-11-3-1-4-12-25)34(31,32)26-13-5-2-6-14-26/h1-18,20,27H,19H2/b22-17-. The summed E-state index contributed by atoms with van der Waals surface area (Å²) in [5.74, 6) is 0. The van der Waals surface area contributed by atoms with Gasteiger partial charge in [-0.1, -0.05) is 72.8 Å². The van der Waals surface area contributed by atoms with Gasteiger partial charge < -0.3 is 0 Å². The molecule has 0 aromatic heterocycles. The average molecular weight is 491 g/mol. The fourth-order valence-electron chi connectivity index (χ4n) is 3.76. The van der Waals surface area contributed by atoms with E-state index in [0.29, 0.717) is 11.8 Å². The fourth-order valence-corrected chi connectivity index (χ4v) is 8.26. The Morgan fingerprint density at radius 3 is 1.68 bits per heavy atom. The molecule has 0 bridgehead atoms. The summed E-state index contributed by atoms with van der Waals surface area (Å²) in [4.78, 5) is 11.7. The van der Waals surface area contributed by atoms with Crippen LogP contribution in [0, 0.1) is 0 Å². The molecular formula is C27H22O5S2. The maximum absolute atomic E-state index is 13.5. The van der Waals surface area contributed by atoms with Crippen molar-refractivity contribution in [2.24, 2.45) is 0 Å². The van der Waals surface area contributed by atoms with Crippen LogP contribution in [0.2, 0.25) is 0 Å². The van der Waals surface area contributed by atoms with Crippen LogP contribution in [0.15, 0.2) is 118 Å². The number of benzene rings is 4. The number of carbonyl (C=O) groups excluding carboxylic acids is 1. The van der Waals surface area contributed by atoms with E-state index in [1.165, 1.54) is 54.6 Å². The van der Waals surface area contributed by atoms with Crippen LogP contribution >= 0.6 is 0 Å². The Kier molecular flexibility index (Phi) is 6.77. The molecule has 0 saturated carbocycles. The Morgan fingerprint density at radius 2 is 1.15 bits per heavy atom. The van der Waals surface area contributed by atoms with E-state index in [1.54, 1.807) is 18.2 Å². The lowest BCUT2D eigenvalue weighted by Crippen LogP contribution is -2.31. The van der Waals surface area contributed by atoms with Crippen molar-refractivity contribution in [1.29, 1.82) is 0 Å². The monoisotopic (exact) mass is 490 g/mol. The summed E-state index contributed by atoms with van der Waals surface area (Å²) < 4.78 is 52.2. The van der Waals surface area contributed by atoms with Crippen LogP contribution in [-0.2, 0) is 24.5 Å². The molecule has 0 atom stereocenters. The molecule has 5 nitrogen and oxygen atoms in total. The van der Waals surface area contributed by atoms with Crippen molar-refractivity contribution in [3.05, 3.63) is 114 Å². The zero-order valence-electron chi connectivity index (χ0n) is 18.1. The summed E-state index contributed by atoms with van der Waals surface area (Å²) in [6.45, 7) is 0. The van der Waals surface area contributed by atoms with Crippen LogP contribution in [0.3, 0.4) is 0 Å². The molecule has 0 fully saturated rings. The highest BCUT2D eigenvalue weighted by molar-refractivity contribution is 8.09. The number of aldehydes is 1. The van der Waals surface area contributed by atoms with Gasteiger partial charge in [0.1, 0.15) is 6.29 Å². The van der Waals surface area contributed by atoms with Gasteiger partial charge in [-0.05, 0) is 58.3 Å². The predicted octanol–water partition coefficient (Wildman–Crippen LogP) is 5.09. The van der Waals surface area contributed by atoms with E-state index in [-0.39, 0.29) is 15.4 Å². The Hall–Kier alpha value is -3.55. The van der Waals surface area contributed by atoms with Gasteiger partial charge in [0.05, 0.1) is 9.79 Å². The van der Waals surface area contributed by atoms with Crippen molar-refractivity contribution in [2.45, 2.75) is 20.8 Å². The Morgan fingerprint density at radius 1 is 0.647 bits per heavy atom. The zero-order valence-corrected chi connectivity index (χ0v) is 19.7. The Balaban J connectivity index is 1.81. The van der Waals surface area contributed by atoms with Gasteiger partial charge in [0.2, 0.25) is 0 Å². The summed E-state index contributed by atoms with van der Waals surface area (Å²) in [5, 5.41) is 1.97. The molecule has 0 aliphatic carbocycles. The quantitative estimate of drug-likeness (QED) is 0.254. The van der Waals surface area contributed by atoms with Gasteiger partial charge in [-0.25, -0.2) is 16.8 Å². The van der Waals surface area contributed by atoms with E-state index in [0.717, 1.165) is 10.8 Å². The Labute approximate surface area is 199 Å². The minimum absolute atomic E-state index is 0.0688. The number of hydrogen-bond donors (Lipinski definition) is 0. The van der Waals surface area contributed by atoms with Crippen molar-refractivity contribution in [3.63, 3.8) is 0 Å². The average Bonchev–Trinajstić information content (AvgIpc) is 2.87. The van der Waals surface area contributed by atoms with Crippen molar-refractivity contribution >= 4 is 42.8 Å². The fraction of sp³-hybridized carbons (Fsp3) is 0.0741. The van der Waals surface area contributed by atoms with Crippen LogP contribution in [-0.4, -0.2) is 27.7 Å². The summed E-state index contributed by atoms with van der Waals surface area (Å²) >= 11 is 0. The first kappa shape index (κ1) is 23.6. The van der Waals surface area contributed by atoms with E-state index in [2.05, 4.69) is 0 Å². The van der Waals surface area contributed by atoms with Crippen LogP contribution < -0.4 is 0 Å². The van der Waals surface area contributed by atoms with E-state index >= 15 is 0 Å². The van der Waals surface area contributed by atoms with E-state index in [4.69, 9.17) is 0 Å². The molecule has 0 aliphatic rings. The number of fused-ring (bicyclic) bond motifs is 1. The number of allylic oxidation sites excluding steroid dienone is 1. The molecule has 172 valence electrons. The highest BCUT2D eigenvalue weighted by Gasteiger charge is 2.40. The van der Waals surface area contributed by atoms with Gasteiger partial charge in [-0.2, -0.15) is 0 Å². The van der Waals surface area contributed by atoms with Crippen LogP contribution in [0.4, 0.5) is 0 Å². The first-order valence-corrected chi connectivity index (χ1v) is 13.6. The molecule has 0 saturated heterocycles. The van der Waals surface area contributed by atoms with Crippen LogP contribution in [0.5, 0.6) is 0 Å². The molecule has 0 unspecified atom stereocenters. The second-order valence-electron chi connectivity index (χ2n) is 7.79. The molecule has 0 radical (unpaired) electrons. The smallest absolute Gasteiger partial charge is 0.196 e. The second-order valence-corrected chi connectivity index (χ2v) is 12.4. The lowest BCUT2D eigenvalue weighted by molar-refractivity contribution is -0.104. The predicted molar refractivity (Wildman–Crippen MR) is 134 cm³/mol. The lowest BCUT2D eigenvalue weighted by Gasteiger charge is -2.19. The number of rotatable bonds is 8. The van der Waals surface area contributed by atoms with Gasteiger partial charge in [0.15, 0.2) is 24.3 Å². The molecular weight excluding hydrogens is 468 g/mol. The van der Waals surface area contributed by atoms with Crippen LogP contribution in [0.25, 0.3) is 16.8 Å². The molecule has 0 spiro atoms. The molecule has 0 amide bonds. The number of sulfone groups is 2. The first-order valence-electron chi connectivity index (χ1n) is 10.5. The number of hydrogen-bond acceptors (Lipinski definition) is 5. The molecule has 0 N–H and O–H groups in total. The molecule has 34 heavy (non-hydrogen) atoms. The van der Waals surface area contributed by atoms with Gasteiger partial charge in [-0.3, -0.25) is 4.79 Å². The van der Waals surface area contributed by atoms with Crippen molar-refractivity contribution in [3.8, 4) is 0 Å². The molecule has 0 aliphatic heterocycles. The van der Waals surface area contributed by atoms with Crippen molar-refractivity contribution in [2.75, 3.05) is 0 Å². The third kappa shape index (κ3) is 4.85. The molecule has 7 heteroatoms. The van der Waals surface area contributed by atoms with Gasteiger partial charge >= 0.3 is 0 Å². The van der Waals surface area contributed by atoms with E-state index < -0.39 is 30.7 Å². The van der Waals surface area contributed by atoms with Crippen molar-refractivity contribution in [1.82, 2.24) is 0 Å². The van der Waals surface area contributed by atoms with Gasteiger partial charge in [0.25, 0.3) is 0 Å². The molecule has 4 aromatic carbocycles. The van der Waals surface area contributed by atoms with E-state index in [9.17, 15) is 21.6 Å². The molecule has 4 rings (SSSR count). The third-order valence-electron chi connectivity index (χ3n) is 5.51. The highest BCUT2D eigenvalue weighted by Crippen LogP contribution is 2.30. The van der Waals surface area contributed by atoms with Gasteiger partial charge in [0, 0.05) is 6.42 Å². The maximum Gasteiger partial charge on any atom is 0.196 e. The van der Waals surface area contributed by atoms with Gasteiger partial charge in [-0.15, -0.1) is 0 Å². The third-order valence-corrected chi connectivity index (χ3v) is 10.6. The first-order chi connectivity index (χ1) is 16.3. The highest BCUT2D eigenvalue weighted by atomic mass is 32.3. The maximum atomic E-state index is 13.5. The van der Waals surface area contributed by atoms with E-state index in [1.807, 2.05) is 36.4 Å². The summed E-state index contributed by atoms with van der Waals surface area (Å²) in [7, 11) is -8.65. The lowest BCUT2D eigenvalue weighted by atomic mass is 10.0. The largest absolute Gasteiger partial charge is 0.298 e. The SMILES string of the molecule is O=C/C(=C\c1ccc2ccccc2c1)CC(S(=O)(=O)c1ccccc1)S(=O)(=O)c1ccccc1. The summed E-state index contributed by atoms with van der Waals surface area (Å²) in [5.41, 5.74) is 0.744. The zero-order chi connectivity index (χ0) is 24.2. The number of carbonyl (C=O) groups is 1. The van der Waals surface area contributed by atoms with Crippen molar-refractivity contribution < 1.29 is 21.6 Å². The minimum atomic E-state index is -4.33. The Bertz CT molecular complexity index is 1490. The summed E-state index contributed by atoms with van der Waals surface area (Å²) in [6.07, 6.45) is 1.57. The second kappa shape index (κ2) is 9.75.